The molecule has 20 heavy (non-hydrogen) atoms. The van der Waals surface area contributed by atoms with Crippen LogP contribution in [0.15, 0.2) is 54.6 Å². The Morgan fingerprint density at radius 3 is 2.75 bits per heavy atom. The second-order valence-electron chi connectivity index (χ2n) is 4.16. The maximum absolute atomic E-state index is 10.5. The number of halogens is 1. The summed E-state index contributed by atoms with van der Waals surface area (Å²) in [6.45, 7) is 0.409. The van der Waals surface area contributed by atoms with Crippen LogP contribution in [-0.2, 0) is 11.4 Å². The van der Waals surface area contributed by atoms with E-state index in [0.29, 0.717) is 17.4 Å². The summed E-state index contributed by atoms with van der Waals surface area (Å²) in [5.74, 6) is -0.298. The van der Waals surface area contributed by atoms with E-state index in [1.54, 1.807) is 6.07 Å². The molecule has 0 unspecified atom stereocenters. The van der Waals surface area contributed by atoms with Crippen LogP contribution in [0.4, 0.5) is 0 Å². The Balaban J connectivity index is 2.03. The lowest BCUT2D eigenvalue weighted by atomic mass is 10.2. The van der Waals surface area contributed by atoms with Crippen LogP contribution in [0.1, 0.15) is 11.1 Å². The van der Waals surface area contributed by atoms with Crippen LogP contribution < -0.4 is 4.74 Å². The molecule has 4 heteroatoms. The fourth-order valence-electron chi connectivity index (χ4n) is 1.67. The molecule has 0 atom stereocenters. The van der Waals surface area contributed by atoms with Gasteiger partial charge < -0.3 is 9.84 Å². The Morgan fingerprint density at radius 2 is 2.00 bits per heavy atom. The van der Waals surface area contributed by atoms with Crippen molar-refractivity contribution in [2.75, 3.05) is 0 Å². The molecule has 0 aliphatic carbocycles. The van der Waals surface area contributed by atoms with Gasteiger partial charge in [0, 0.05) is 11.1 Å². The minimum absolute atomic E-state index is 0.409. The molecule has 0 radical (unpaired) electrons. The number of hydrogen-bond acceptors (Lipinski definition) is 2. The van der Waals surface area contributed by atoms with E-state index in [9.17, 15) is 4.79 Å². The summed E-state index contributed by atoms with van der Waals surface area (Å²) in [4.78, 5) is 10.5. The zero-order valence-electron chi connectivity index (χ0n) is 10.6. The summed E-state index contributed by atoms with van der Waals surface area (Å²) in [6.07, 6.45) is 2.62. The van der Waals surface area contributed by atoms with E-state index in [4.69, 9.17) is 21.4 Å². The number of hydrogen-bond donors (Lipinski definition) is 1. The van der Waals surface area contributed by atoms with Crippen LogP contribution in [-0.4, -0.2) is 11.1 Å². The van der Waals surface area contributed by atoms with Crippen LogP contribution in [0, 0.1) is 0 Å². The van der Waals surface area contributed by atoms with Gasteiger partial charge >= 0.3 is 5.97 Å². The SMILES string of the molecule is O=C(O)/C=C/c1cccc(OCc2cccc(Cl)c2)c1. The van der Waals surface area contributed by atoms with Crippen molar-refractivity contribution in [1.82, 2.24) is 0 Å². The van der Waals surface area contributed by atoms with Crippen molar-refractivity contribution in [3.63, 3.8) is 0 Å². The molecule has 0 amide bonds. The van der Waals surface area contributed by atoms with Crippen molar-refractivity contribution in [2.45, 2.75) is 6.61 Å². The Morgan fingerprint density at radius 1 is 1.20 bits per heavy atom. The average Bonchev–Trinajstić information content (AvgIpc) is 2.43. The standard InChI is InChI=1S/C16H13ClO3/c17-14-5-1-4-13(9-14)11-20-15-6-2-3-12(10-15)7-8-16(18)19/h1-10H,11H2,(H,18,19)/b8-7+. The maximum atomic E-state index is 10.5. The number of carbonyl (C=O) groups is 1. The van der Waals surface area contributed by atoms with E-state index in [2.05, 4.69) is 0 Å². The number of carboxylic acid groups (broad SMARTS) is 1. The molecule has 0 aliphatic heterocycles. The highest BCUT2D eigenvalue weighted by Crippen LogP contribution is 2.17. The smallest absolute Gasteiger partial charge is 0.328 e. The van der Waals surface area contributed by atoms with E-state index < -0.39 is 5.97 Å². The molecule has 0 aliphatic rings. The second kappa shape index (κ2) is 6.78. The fraction of sp³-hybridized carbons (Fsp3) is 0.0625. The average molecular weight is 289 g/mol. The first-order chi connectivity index (χ1) is 9.63. The predicted molar refractivity (Wildman–Crippen MR) is 78.9 cm³/mol. The second-order valence-corrected chi connectivity index (χ2v) is 4.60. The number of rotatable bonds is 5. The summed E-state index contributed by atoms with van der Waals surface area (Å²) in [5, 5.41) is 9.26. The lowest BCUT2D eigenvalue weighted by molar-refractivity contribution is -0.131. The highest BCUT2D eigenvalue weighted by atomic mass is 35.5. The third kappa shape index (κ3) is 4.44. The monoisotopic (exact) mass is 288 g/mol. The van der Waals surface area contributed by atoms with Gasteiger partial charge in [-0.2, -0.15) is 0 Å². The highest BCUT2D eigenvalue weighted by molar-refractivity contribution is 6.30. The first-order valence-corrected chi connectivity index (χ1v) is 6.39. The molecule has 0 saturated carbocycles. The van der Waals surface area contributed by atoms with E-state index in [0.717, 1.165) is 17.2 Å². The summed E-state index contributed by atoms with van der Waals surface area (Å²) in [5.41, 5.74) is 1.75. The van der Waals surface area contributed by atoms with Gasteiger partial charge in [-0.05, 0) is 41.5 Å². The summed E-state index contributed by atoms with van der Waals surface area (Å²) in [6, 6.07) is 14.7. The summed E-state index contributed by atoms with van der Waals surface area (Å²) < 4.78 is 5.65. The van der Waals surface area contributed by atoms with E-state index in [1.807, 2.05) is 42.5 Å². The molecule has 2 aromatic carbocycles. The zero-order valence-corrected chi connectivity index (χ0v) is 11.4. The van der Waals surface area contributed by atoms with Crippen LogP contribution in [0.2, 0.25) is 5.02 Å². The normalized spacial score (nSPS) is 10.7. The number of aliphatic carboxylic acids is 1. The molecule has 0 fully saturated rings. The Labute approximate surface area is 122 Å². The quantitative estimate of drug-likeness (QED) is 0.845. The maximum Gasteiger partial charge on any atom is 0.328 e. The fourth-order valence-corrected chi connectivity index (χ4v) is 1.88. The van der Waals surface area contributed by atoms with E-state index in [-0.39, 0.29) is 0 Å². The third-order valence-corrected chi connectivity index (χ3v) is 2.81. The van der Waals surface area contributed by atoms with Gasteiger partial charge in [0.15, 0.2) is 0 Å². The van der Waals surface area contributed by atoms with Gasteiger partial charge in [0.2, 0.25) is 0 Å². The van der Waals surface area contributed by atoms with Crippen molar-refractivity contribution in [1.29, 1.82) is 0 Å². The van der Waals surface area contributed by atoms with Crippen LogP contribution in [0.5, 0.6) is 5.75 Å². The topological polar surface area (TPSA) is 46.5 Å². The number of ether oxygens (including phenoxy) is 1. The number of carboxylic acids is 1. The molecule has 2 rings (SSSR count). The molecule has 1 N–H and O–H groups in total. The molecule has 102 valence electrons. The van der Waals surface area contributed by atoms with Crippen molar-refractivity contribution >= 4 is 23.6 Å². The molecular weight excluding hydrogens is 276 g/mol. The molecule has 3 nitrogen and oxygen atoms in total. The van der Waals surface area contributed by atoms with Gasteiger partial charge in [0.05, 0.1) is 0 Å². The molecular formula is C16H13ClO3. The Kier molecular flexibility index (Phi) is 4.80. The highest BCUT2D eigenvalue weighted by Gasteiger charge is 1.98. The van der Waals surface area contributed by atoms with Gasteiger partial charge in [-0.3, -0.25) is 0 Å². The third-order valence-electron chi connectivity index (χ3n) is 2.57. The van der Waals surface area contributed by atoms with Gasteiger partial charge in [0.25, 0.3) is 0 Å². The molecule has 0 bridgehead atoms. The molecule has 0 spiro atoms. The predicted octanol–water partition coefficient (Wildman–Crippen LogP) is 4.02. The van der Waals surface area contributed by atoms with Crippen LogP contribution in [0.3, 0.4) is 0 Å². The lowest BCUT2D eigenvalue weighted by Crippen LogP contribution is -1.95. The minimum atomic E-state index is -0.977. The van der Waals surface area contributed by atoms with Gasteiger partial charge in [0.1, 0.15) is 12.4 Å². The Bertz CT molecular complexity index is 635. The summed E-state index contributed by atoms with van der Waals surface area (Å²) in [7, 11) is 0. The first-order valence-electron chi connectivity index (χ1n) is 6.02. The van der Waals surface area contributed by atoms with Gasteiger partial charge in [-0.25, -0.2) is 4.79 Å². The Hall–Kier alpha value is -2.26. The first kappa shape index (κ1) is 14.2. The molecule has 2 aromatic rings. The van der Waals surface area contributed by atoms with Gasteiger partial charge in [-0.1, -0.05) is 35.9 Å². The number of benzene rings is 2. The molecule has 0 heterocycles. The molecule has 0 aromatic heterocycles. The van der Waals surface area contributed by atoms with Crippen molar-refractivity contribution in [3.05, 3.63) is 70.8 Å². The minimum Gasteiger partial charge on any atom is -0.489 e. The van der Waals surface area contributed by atoms with Crippen molar-refractivity contribution < 1.29 is 14.6 Å². The van der Waals surface area contributed by atoms with E-state index >= 15 is 0 Å². The lowest BCUT2D eigenvalue weighted by Gasteiger charge is -2.07. The van der Waals surface area contributed by atoms with Crippen molar-refractivity contribution in [2.24, 2.45) is 0 Å². The molecule has 0 saturated heterocycles. The van der Waals surface area contributed by atoms with Crippen molar-refractivity contribution in [3.8, 4) is 5.75 Å². The zero-order chi connectivity index (χ0) is 14.4. The summed E-state index contributed by atoms with van der Waals surface area (Å²) >= 11 is 5.90. The van der Waals surface area contributed by atoms with Crippen LogP contribution >= 0.6 is 11.6 Å². The largest absolute Gasteiger partial charge is 0.489 e. The van der Waals surface area contributed by atoms with E-state index in [1.165, 1.54) is 6.08 Å². The van der Waals surface area contributed by atoms with Crippen LogP contribution in [0.25, 0.3) is 6.08 Å². The van der Waals surface area contributed by atoms with Gasteiger partial charge in [-0.15, -0.1) is 0 Å².